The zero-order valence-electron chi connectivity index (χ0n) is 12.4. The maximum atomic E-state index is 12.0. The fraction of sp³-hybridized carbons (Fsp3) is 0.500. The zero-order chi connectivity index (χ0) is 15.7. The number of benzene rings is 1. The SMILES string of the molecule is COCCNC(=O)CCCNS(=O)(=O)c1ccc(C)cc1. The van der Waals surface area contributed by atoms with E-state index in [4.69, 9.17) is 4.74 Å². The van der Waals surface area contributed by atoms with E-state index >= 15 is 0 Å². The molecule has 0 heterocycles. The van der Waals surface area contributed by atoms with E-state index in [9.17, 15) is 13.2 Å². The molecule has 1 amide bonds. The first kappa shape index (κ1) is 17.6. The van der Waals surface area contributed by atoms with Gasteiger partial charge in [-0.2, -0.15) is 0 Å². The third kappa shape index (κ3) is 6.70. The van der Waals surface area contributed by atoms with Crippen LogP contribution in [-0.4, -0.2) is 41.1 Å². The molecule has 1 aromatic rings. The summed E-state index contributed by atoms with van der Waals surface area (Å²) in [6.45, 7) is 3.05. The molecule has 2 N–H and O–H groups in total. The number of hydrogen-bond donors (Lipinski definition) is 2. The number of amides is 1. The Hall–Kier alpha value is -1.44. The second kappa shape index (κ2) is 8.76. The van der Waals surface area contributed by atoms with Crippen LogP contribution in [0.4, 0.5) is 0 Å². The molecular weight excluding hydrogens is 292 g/mol. The van der Waals surface area contributed by atoms with Gasteiger partial charge in [0, 0.05) is 26.6 Å². The van der Waals surface area contributed by atoms with Crippen LogP contribution in [0.25, 0.3) is 0 Å². The van der Waals surface area contributed by atoms with Crippen molar-refractivity contribution in [1.82, 2.24) is 10.0 Å². The molecule has 0 aromatic heterocycles. The molecule has 21 heavy (non-hydrogen) atoms. The topological polar surface area (TPSA) is 84.5 Å². The normalized spacial score (nSPS) is 11.3. The first-order valence-corrected chi connectivity index (χ1v) is 8.26. The van der Waals surface area contributed by atoms with E-state index in [1.807, 2.05) is 6.92 Å². The highest BCUT2D eigenvalue weighted by Crippen LogP contribution is 2.09. The molecule has 0 saturated carbocycles. The van der Waals surface area contributed by atoms with Crippen molar-refractivity contribution in [2.24, 2.45) is 0 Å². The van der Waals surface area contributed by atoms with Crippen molar-refractivity contribution < 1.29 is 17.9 Å². The highest BCUT2D eigenvalue weighted by Gasteiger charge is 2.12. The van der Waals surface area contributed by atoms with Crippen LogP contribution in [0.15, 0.2) is 29.2 Å². The van der Waals surface area contributed by atoms with Crippen molar-refractivity contribution >= 4 is 15.9 Å². The Kier molecular flexibility index (Phi) is 7.35. The van der Waals surface area contributed by atoms with E-state index in [1.165, 1.54) is 0 Å². The molecule has 1 aromatic carbocycles. The first-order valence-electron chi connectivity index (χ1n) is 6.77. The van der Waals surface area contributed by atoms with Gasteiger partial charge in [-0.3, -0.25) is 4.79 Å². The molecule has 1 rings (SSSR count). The summed E-state index contributed by atoms with van der Waals surface area (Å²) in [5.41, 5.74) is 1.00. The molecule has 118 valence electrons. The Balaban J connectivity index is 2.31. The maximum absolute atomic E-state index is 12.0. The summed E-state index contributed by atoms with van der Waals surface area (Å²) in [5, 5.41) is 2.68. The fourth-order valence-electron chi connectivity index (χ4n) is 1.64. The van der Waals surface area contributed by atoms with Gasteiger partial charge in [-0.05, 0) is 25.5 Å². The zero-order valence-corrected chi connectivity index (χ0v) is 13.2. The molecule has 0 spiro atoms. The Morgan fingerprint density at radius 1 is 1.19 bits per heavy atom. The van der Waals surface area contributed by atoms with Crippen LogP contribution in [0, 0.1) is 6.92 Å². The summed E-state index contributed by atoms with van der Waals surface area (Å²) in [5.74, 6) is -0.110. The number of rotatable bonds is 9. The molecule has 0 radical (unpaired) electrons. The quantitative estimate of drug-likeness (QED) is 0.661. The summed E-state index contributed by atoms with van der Waals surface area (Å²) < 4.78 is 31.2. The van der Waals surface area contributed by atoms with E-state index < -0.39 is 10.0 Å². The lowest BCUT2D eigenvalue weighted by Crippen LogP contribution is -2.29. The lowest BCUT2D eigenvalue weighted by molar-refractivity contribution is -0.121. The molecule has 0 atom stereocenters. The van der Waals surface area contributed by atoms with Crippen molar-refractivity contribution in [1.29, 1.82) is 0 Å². The van der Waals surface area contributed by atoms with Gasteiger partial charge in [0.05, 0.1) is 11.5 Å². The maximum Gasteiger partial charge on any atom is 0.240 e. The van der Waals surface area contributed by atoms with Gasteiger partial charge in [0.25, 0.3) is 0 Å². The predicted molar refractivity (Wildman–Crippen MR) is 80.5 cm³/mol. The van der Waals surface area contributed by atoms with Gasteiger partial charge in [-0.15, -0.1) is 0 Å². The van der Waals surface area contributed by atoms with Crippen LogP contribution in [0.1, 0.15) is 18.4 Å². The molecule has 0 aliphatic carbocycles. The molecule has 0 aliphatic rings. The third-order valence-corrected chi connectivity index (χ3v) is 4.31. The molecule has 0 bridgehead atoms. The predicted octanol–water partition coefficient (Wildman–Crippen LogP) is 0.816. The van der Waals surface area contributed by atoms with E-state index in [2.05, 4.69) is 10.0 Å². The Bertz CT molecular complexity index is 541. The number of hydrogen-bond acceptors (Lipinski definition) is 4. The highest BCUT2D eigenvalue weighted by molar-refractivity contribution is 7.89. The van der Waals surface area contributed by atoms with Gasteiger partial charge in [0.2, 0.25) is 15.9 Å². The standard InChI is InChI=1S/C14H22N2O4S/c1-12-5-7-13(8-6-12)21(18,19)16-9-3-4-14(17)15-10-11-20-2/h5-8,16H,3-4,9-11H2,1-2H3,(H,15,17). The molecule has 0 aliphatic heterocycles. The second-order valence-electron chi connectivity index (χ2n) is 4.66. The summed E-state index contributed by atoms with van der Waals surface area (Å²) in [4.78, 5) is 11.6. The van der Waals surface area contributed by atoms with Crippen molar-refractivity contribution in [3.8, 4) is 0 Å². The van der Waals surface area contributed by atoms with Gasteiger partial charge >= 0.3 is 0 Å². The van der Waals surface area contributed by atoms with Crippen molar-refractivity contribution in [2.75, 3.05) is 26.8 Å². The largest absolute Gasteiger partial charge is 0.383 e. The highest BCUT2D eigenvalue weighted by atomic mass is 32.2. The Labute approximate surface area is 125 Å². The number of aryl methyl sites for hydroxylation is 1. The van der Waals surface area contributed by atoms with E-state index in [0.717, 1.165) is 5.56 Å². The minimum absolute atomic E-state index is 0.110. The number of carbonyl (C=O) groups is 1. The second-order valence-corrected chi connectivity index (χ2v) is 6.42. The van der Waals surface area contributed by atoms with Crippen LogP contribution < -0.4 is 10.0 Å². The first-order chi connectivity index (χ1) is 9.95. The minimum Gasteiger partial charge on any atom is -0.383 e. The number of nitrogens with one attached hydrogen (secondary N) is 2. The summed E-state index contributed by atoms with van der Waals surface area (Å²) in [7, 11) is -1.94. The minimum atomic E-state index is -3.50. The average Bonchev–Trinajstić information content (AvgIpc) is 2.44. The summed E-state index contributed by atoms with van der Waals surface area (Å²) in [6, 6.07) is 6.62. The molecule has 7 heteroatoms. The van der Waals surface area contributed by atoms with E-state index in [0.29, 0.717) is 19.6 Å². The average molecular weight is 314 g/mol. The number of sulfonamides is 1. The van der Waals surface area contributed by atoms with Gasteiger partial charge in [0.1, 0.15) is 0 Å². The lowest BCUT2D eigenvalue weighted by atomic mass is 10.2. The van der Waals surface area contributed by atoms with Crippen LogP contribution >= 0.6 is 0 Å². The fourth-order valence-corrected chi connectivity index (χ4v) is 2.71. The van der Waals surface area contributed by atoms with Crippen LogP contribution in [0.3, 0.4) is 0 Å². The van der Waals surface area contributed by atoms with Crippen molar-refractivity contribution in [3.05, 3.63) is 29.8 Å². The van der Waals surface area contributed by atoms with Gasteiger partial charge < -0.3 is 10.1 Å². The molecule has 0 unspecified atom stereocenters. The summed E-state index contributed by atoms with van der Waals surface area (Å²) >= 11 is 0. The van der Waals surface area contributed by atoms with Crippen LogP contribution in [0.5, 0.6) is 0 Å². The van der Waals surface area contributed by atoms with Crippen LogP contribution in [0.2, 0.25) is 0 Å². The van der Waals surface area contributed by atoms with Gasteiger partial charge in [-0.25, -0.2) is 13.1 Å². The van der Waals surface area contributed by atoms with Gasteiger partial charge in [0.15, 0.2) is 0 Å². The monoisotopic (exact) mass is 314 g/mol. The van der Waals surface area contributed by atoms with Crippen LogP contribution in [-0.2, 0) is 19.6 Å². The molecule has 0 fully saturated rings. The smallest absolute Gasteiger partial charge is 0.240 e. The van der Waals surface area contributed by atoms with Crippen molar-refractivity contribution in [2.45, 2.75) is 24.7 Å². The van der Waals surface area contributed by atoms with Crippen molar-refractivity contribution in [3.63, 3.8) is 0 Å². The molecular formula is C14H22N2O4S. The molecule has 0 saturated heterocycles. The lowest BCUT2D eigenvalue weighted by Gasteiger charge is -2.07. The van der Waals surface area contributed by atoms with E-state index in [-0.39, 0.29) is 23.8 Å². The van der Waals surface area contributed by atoms with E-state index in [1.54, 1.807) is 31.4 Å². The third-order valence-electron chi connectivity index (χ3n) is 2.83. The Morgan fingerprint density at radius 2 is 1.86 bits per heavy atom. The molecule has 6 nitrogen and oxygen atoms in total. The van der Waals surface area contributed by atoms with Gasteiger partial charge in [-0.1, -0.05) is 17.7 Å². The number of carbonyl (C=O) groups excluding carboxylic acids is 1. The Morgan fingerprint density at radius 3 is 2.48 bits per heavy atom. The summed E-state index contributed by atoms with van der Waals surface area (Å²) in [6.07, 6.45) is 0.726. The number of ether oxygens (including phenoxy) is 1. The number of methoxy groups -OCH3 is 1.